The first kappa shape index (κ1) is 17.9. The van der Waals surface area contributed by atoms with E-state index in [-0.39, 0.29) is 10.8 Å². The summed E-state index contributed by atoms with van der Waals surface area (Å²) in [5.74, 6) is 2.71. The van der Waals surface area contributed by atoms with Crippen molar-refractivity contribution in [2.24, 2.45) is 22.7 Å². The molecule has 0 unspecified atom stereocenters. The van der Waals surface area contributed by atoms with Crippen LogP contribution in [-0.4, -0.2) is 28.5 Å². The predicted molar refractivity (Wildman–Crippen MR) is 105 cm³/mol. The summed E-state index contributed by atoms with van der Waals surface area (Å²) < 4.78 is 0. The zero-order valence-corrected chi connectivity index (χ0v) is 16.8. The Balaban J connectivity index is 1.77. The van der Waals surface area contributed by atoms with Gasteiger partial charge in [0.1, 0.15) is 0 Å². The lowest BCUT2D eigenvalue weighted by atomic mass is 9.49. The second-order valence-electron chi connectivity index (χ2n) is 9.31. The summed E-state index contributed by atoms with van der Waals surface area (Å²) in [4.78, 5) is 12.1. The van der Waals surface area contributed by atoms with Crippen molar-refractivity contribution in [3.8, 4) is 0 Å². The highest BCUT2D eigenvalue weighted by Gasteiger charge is 2.60. The molecule has 1 N–H and O–H groups in total. The van der Waals surface area contributed by atoms with Gasteiger partial charge in [0.05, 0.1) is 5.60 Å². The van der Waals surface area contributed by atoms with Crippen LogP contribution in [0.4, 0.5) is 0 Å². The van der Waals surface area contributed by atoms with Gasteiger partial charge in [-0.25, -0.2) is 0 Å². The van der Waals surface area contributed by atoms with E-state index in [1.54, 1.807) is 5.57 Å². The summed E-state index contributed by atoms with van der Waals surface area (Å²) in [5.41, 5.74) is 2.70. The van der Waals surface area contributed by atoms with Gasteiger partial charge in [0.2, 0.25) is 0 Å². The standard InChI is InChI=1S/C22H32O2S/c1-20-9-7-19-17(18(20)8-10-21(20,2)24)5-4-15-14-16(23)6-11-22(15,19)12-13-25-3/h7,14,17-18,24H,4-6,8-13H2,1-3H3/t17-,18-,20-,21-,22+/m0/s1. The van der Waals surface area contributed by atoms with Gasteiger partial charge in [-0.3, -0.25) is 4.79 Å². The maximum Gasteiger partial charge on any atom is 0.155 e. The third-order valence-electron chi connectivity index (χ3n) is 8.38. The van der Waals surface area contributed by atoms with E-state index in [0.29, 0.717) is 24.0 Å². The summed E-state index contributed by atoms with van der Waals surface area (Å²) in [6.07, 6.45) is 14.9. The molecule has 5 atom stereocenters. The molecule has 4 aliphatic rings. The summed E-state index contributed by atoms with van der Waals surface area (Å²) >= 11 is 1.93. The number of aliphatic hydroxyl groups is 1. The maximum atomic E-state index is 12.1. The molecular formula is C22H32O2S. The van der Waals surface area contributed by atoms with Crippen molar-refractivity contribution in [1.29, 1.82) is 0 Å². The minimum atomic E-state index is -0.537. The smallest absolute Gasteiger partial charge is 0.155 e. The van der Waals surface area contributed by atoms with Crippen LogP contribution in [0.2, 0.25) is 0 Å². The van der Waals surface area contributed by atoms with Crippen LogP contribution in [-0.2, 0) is 4.79 Å². The fourth-order valence-corrected chi connectivity index (χ4v) is 7.17. The van der Waals surface area contributed by atoms with E-state index >= 15 is 0 Å². The van der Waals surface area contributed by atoms with E-state index in [2.05, 4.69) is 26.2 Å². The van der Waals surface area contributed by atoms with Crippen molar-refractivity contribution >= 4 is 17.5 Å². The van der Waals surface area contributed by atoms with E-state index in [0.717, 1.165) is 37.9 Å². The predicted octanol–water partition coefficient (Wildman–Crippen LogP) is 4.92. The highest BCUT2D eigenvalue weighted by molar-refractivity contribution is 7.98. The van der Waals surface area contributed by atoms with Gasteiger partial charge in [-0.2, -0.15) is 11.8 Å². The molecule has 2 fully saturated rings. The molecule has 4 rings (SSSR count). The monoisotopic (exact) mass is 360 g/mol. The Kier molecular flexibility index (Phi) is 4.28. The molecule has 3 heteroatoms. The van der Waals surface area contributed by atoms with E-state index < -0.39 is 5.60 Å². The normalized spacial score (nSPS) is 46.0. The first-order valence-corrected chi connectivity index (χ1v) is 11.4. The first-order valence-electron chi connectivity index (χ1n) is 10.00. The Labute approximate surface area is 156 Å². The van der Waals surface area contributed by atoms with Crippen LogP contribution in [0.25, 0.3) is 0 Å². The number of hydrogen-bond donors (Lipinski definition) is 1. The number of ketones is 1. The SMILES string of the molecule is CSCC[C@]12CCC(=O)C=C1CC[C@@H]1C2=CC[C@@]2(C)[C@H]1CC[C@]2(C)O. The van der Waals surface area contributed by atoms with Crippen LogP contribution in [0.1, 0.15) is 65.2 Å². The third kappa shape index (κ3) is 2.45. The lowest BCUT2D eigenvalue weighted by Crippen LogP contribution is -2.50. The molecular weight excluding hydrogens is 328 g/mol. The lowest BCUT2D eigenvalue weighted by Gasteiger charge is -2.55. The van der Waals surface area contributed by atoms with Crippen molar-refractivity contribution < 1.29 is 9.90 Å². The number of carbonyl (C=O) groups is 1. The molecule has 0 saturated heterocycles. The third-order valence-corrected chi connectivity index (χ3v) is 8.99. The van der Waals surface area contributed by atoms with Gasteiger partial charge < -0.3 is 5.11 Å². The van der Waals surface area contributed by atoms with Crippen molar-refractivity contribution in [3.05, 3.63) is 23.3 Å². The highest BCUT2D eigenvalue weighted by atomic mass is 32.2. The fourth-order valence-electron chi connectivity index (χ4n) is 6.61. The maximum absolute atomic E-state index is 12.1. The molecule has 138 valence electrons. The molecule has 0 aromatic heterocycles. The topological polar surface area (TPSA) is 37.3 Å². The summed E-state index contributed by atoms with van der Waals surface area (Å²) in [6, 6.07) is 0. The van der Waals surface area contributed by atoms with E-state index in [1.807, 2.05) is 17.8 Å². The van der Waals surface area contributed by atoms with Crippen molar-refractivity contribution in [2.45, 2.75) is 70.8 Å². The zero-order chi connectivity index (χ0) is 17.9. The Morgan fingerprint density at radius 2 is 2.04 bits per heavy atom. The van der Waals surface area contributed by atoms with Gasteiger partial charge in [0, 0.05) is 17.3 Å². The molecule has 4 aliphatic carbocycles. The van der Waals surface area contributed by atoms with Crippen LogP contribution in [0.5, 0.6) is 0 Å². The van der Waals surface area contributed by atoms with Gasteiger partial charge in [0.15, 0.2) is 5.78 Å². The Morgan fingerprint density at radius 3 is 2.80 bits per heavy atom. The number of hydrogen-bond acceptors (Lipinski definition) is 3. The average Bonchev–Trinajstić information content (AvgIpc) is 2.83. The van der Waals surface area contributed by atoms with Crippen molar-refractivity contribution in [1.82, 2.24) is 0 Å². The summed E-state index contributed by atoms with van der Waals surface area (Å²) in [7, 11) is 0. The molecule has 2 nitrogen and oxygen atoms in total. The van der Waals surface area contributed by atoms with Crippen LogP contribution < -0.4 is 0 Å². The lowest BCUT2D eigenvalue weighted by molar-refractivity contribution is -0.115. The molecule has 0 aromatic carbocycles. The number of fused-ring (bicyclic) bond motifs is 5. The average molecular weight is 361 g/mol. The molecule has 25 heavy (non-hydrogen) atoms. The number of thioether (sulfide) groups is 1. The van der Waals surface area contributed by atoms with Crippen LogP contribution in [0.3, 0.4) is 0 Å². The summed E-state index contributed by atoms with van der Waals surface area (Å²) in [5, 5.41) is 11.0. The summed E-state index contributed by atoms with van der Waals surface area (Å²) in [6.45, 7) is 4.38. The highest BCUT2D eigenvalue weighted by Crippen LogP contribution is 2.66. The number of carbonyl (C=O) groups excluding carboxylic acids is 1. The largest absolute Gasteiger partial charge is 0.390 e. The van der Waals surface area contributed by atoms with Crippen LogP contribution >= 0.6 is 11.8 Å². The second kappa shape index (κ2) is 5.99. The van der Waals surface area contributed by atoms with Crippen molar-refractivity contribution in [3.63, 3.8) is 0 Å². The second-order valence-corrected chi connectivity index (χ2v) is 10.3. The van der Waals surface area contributed by atoms with Gasteiger partial charge in [0.25, 0.3) is 0 Å². The molecule has 0 bridgehead atoms. The van der Waals surface area contributed by atoms with E-state index in [9.17, 15) is 9.90 Å². The van der Waals surface area contributed by atoms with E-state index in [1.165, 1.54) is 18.4 Å². The van der Waals surface area contributed by atoms with E-state index in [4.69, 9.17) is 0 Å². The molecule has 0 aromatic rings. The molecule has 0 spiro atoms. The molecule has 0 heterocycles. The Bertz CT molecular complexity index is 646. The van der Waals surface area contributed by atoms with Crippen LogP contribution in [0, 0.1) is 22.7 Å². The Morgan fingerprint density at radius 1 is 1.24 bits per heavy atom. The molecule has 2 saturated carbocycles. The fraction of sp³-hybridized carbons (Fsp3) is 0.773. The molecule has 0 aliphatic heterocycles. The minimum absolute atomic E-state index is 0.0214. The number of allylic oxidation sites excluding steroid dienone is 4. The number of rotatable bonds is 3. The zero-order valence-electron chi connectivity index (χ0n) is 15.9. The molecule has 0 amide bonds. The first-order chi connectivity index (χ1) is 11.8. The van der Waals surface area contributed by atoms with Gasteiger partial charge in [-0.05, 0) is 81.8 Å². The van der Waals surface area contributed by atoms with Gasteiger partial charge in [-0.1, -0.05) is 24.1 Å². The van der Waals surface area contributed by atoms with Crippen LogP contribution in [0.15, 0.2) is 23.3 Å². The molecule has 0 radical (unpaired) electrons. The minimum Gasteiger partial charge on any atom is -0.390 e. The quantitative estimate of drug-likeness (QED) is 0.726. The van der Waals surface area contributed by atoms with Crippen molar-refractivity contribution in [2.75, 3.05) is 12.0 Å². The van der Waals surface area contributed by atoms with Gasteiger partial charge >= 0.3 is 0 Å². The van der Waals surface area contributed by atoms with Gasteiger partial charge in [-0.15, -0.1) is 0 Å². The Hall–Kier alpha value is -0.540.